The number of benzene rings is 2. The number of nitrogens with zero attached hydrogens (tertiary/aromatic N) is 1. The number of carbonyl (C=O) groups is 4. The summed E-state index contributed by atoms with van der Waals surface area (Å²) in [6.07, 6.45) is -0.122. The number of amides is 2. The van der Waals surface area contributed by atoms with E-state index in [2.05, 4.69) is 5.32 Å². The van der Waals surface area contributed by atoms with Gasteiger partial charge in [0.25, 0.3) is 0 Å². The number of piperidine rings is 1. The van der Waals surface area contributed by atoms with Crippen molar-refractivity contribution < 1.29 is 38.5 Å². The number of esters is 2. The highest BCUT2D eigenvalue weighted by atomic mass is 16.7. The van der Waals surface area contributed by atoms with E-state index in [0.29, 0.717) is 49.8 Å². The van der Waals surface area contributed by atoms with E-state index in [1.165, 1.54) is 11.8 Å². The number of carbonyl (C=O) groups excluding carboxylic acids is 4. The van der Waals surface area contributed by atoms with Crippen LogP contribution in [0.15, 0.2) is 60.7 Å². The highest BCUT2D eigenvalue weighted by Crippen LogP contribution is 2.32. The van der Waals surface area contributed by atoms with Gasteiger partial charge in [-0.3, -0.25) is 4.79 Å². The lowest BCUT2D eigenvalue weighted by Gasteiger charge is -2.34. The van der Waals surface area contributed by atoms with Crippen molar-refractivity contribution in [1.82, 2.24) is 10.2 Å². The van der Waals surface area contributed by atoms with E-state index in [0.717, 1.165) is 0 Å². The second-order valence-corrected chi connectivity index (χ2v) is 10.4. The number of rotatable bonds is 14. The summed E-state index contributed by atoms with van der Waals surface area (Å²) in [5, 5.41) is 14.2. The number of nitrogens with two attached hydrogens (primary N) is 2. The van der Waals surface area contributed by atoms with Crippen molar-refractivity contribution >= 4 is 23.9 Å². The molecule has 0 bridgehead atoms. The Balaban J connectivity index is 1.53. The van der Waals surface area contributed by atoms with E-state index in [4.69, 9.17) is 25.7 Å². The van der Waals surface area contributed by atoms with Gasteiger partial charge in [0.15, 0.2) is 0 Å². The summed E-state index contributed by atoms with van der Waals surface area (Å²) >= 11 is 0. The van der Waals surface area contributed by atoms with Crippen molar-refractivity contribution in [3.8, 4) is 0 Å². The zero-order valence-electron chi connectivity index (χ0n) is 24.5. The molecule has 1 aliphatic rings. The zero-order chi connectivity index (χ0) is 31.2. The molecule has 2 aromatic rings. The molecule has 43 heavy (non-hydrogen) atoms. The van der Waals surface area contributed by atoms with E-state index < -0.39 is 42.1 Å². The van der Waals surface area contributed by atoms with Gasteiger partial charge in [0, 0.05) is 45.8 Å². The molecule has 1 saturated heterocycles. The third kappa shape index (κ3) is 9.50. The second-order valence-electron chi connectivity index (χ2n) is 10.4. The predicted octanol–water partition coefficient (Wildman–Crippen LogP) is 1.92. The monoisotopic (exact) mass is 598 g/mol. The van der Waals surface area contributed by atoms with Crippen LogP contribution in [0, 0.1) is 0 Å². The first-order valence-electron chi connectivity index (χ1n) is 14.6. The lowest BCUT2D eigenvalue weighted by molar-refractivity contribution is -0.171. The molecule has 6 N–H and O–H groups in total. The Bertz CT molecular complexity index is 1150. The van der Waals surface area contributed by atoms with Crippen LogP contribution in [-0.4, -0.2) is 78.6 Å². The van der Waals surface area contributed by atoms with Crippen molar-refractivity contribution in [2.75, 3.05) is 26.2 Å². The first-order valence-corrected chi connectivity index (χ1v) is 14.6. The lowest BCUT2D eigenvalue weighted by Crippen LogP contribution is -2.46. The number of hydrogen-bond donors (Lipinski definition) is 4. The normalized spacial score (nSPS) is 15.2. The minimum Gasteiger partial charge on any atom is -0.460 e. The topological polar surface area (TPSA) is 184 Å². The predicted molar refractivity (Wildman–Crippen MR) is 157 cm³/mol. The Hall–Kier alpha value is -4.00. The van der Waals surface area contributed by atoms with Crippen LogP contribution < -0.4 is 16.8 Å². The number of ether oxygens (including phenoxy) is 3. The molecule has 0 spiro atoms. The second kappa shape index (κ2) is 16.6. The summed E-state index contributed by atoms with van der Waals surface area (Å²) in [4.78, 5) is 52.3. The van der Waals surface area contributed by atoms with Crippen LogP contribution in [0.3, 0.4) is 0 Å². The smallest absolute Gasteiger partial charge is 0.412 e. The molecule has 0 aromatic heterocycles. The van der Waals surface area contributed by atoms with E-state index in [-0.39, 0.29) is 32.0 Å². The van der Waals surface area contributed by atoms with Gasteiger partial charge in [0.05, 0.1) is 0 Å². The maximum Gasteiger partial charge on any atom is 0.412 e. The Morgan fingerprint density at radius 1 is 0.930 bits per heavy atom. The molecule has 0 saturated carbocycles. The van der Waals surface area contributed by atoms with Gasteiger partial charge in [-0.05, 0) is 36.9 Å². The lowest BCUT2D eigenvalue weighted by atomic mass is 9.86. The molecule has 0 aliphatic carbocycles. The van der Waals surface area contributed by atoms with Gasteiger partial charge in [-0.15, -0.1) is 0 Å². The van der Waals surface area contributed by atoms with Crippen molar-refractivity contribution in [3.63, 3.8) is 0 Å². The summed E-state index contributed by atoms with van der Waals surface area (Å²) in [5.41, 5.74) is 9.72. The third-order valence-electron chi connectivity index (χ3n) is 7.14. The number of unbranched alkanes of at least 4 members (excludes halogenated alkanes) is 1. The number of likely N-dealkylation sites (tertiary alicyclic amines) is 1. The number of hydrogen-bond acceptors (Lipinski definition) is 10. The molecule has 1 aliphatic heterocycles. The largest absolute Gasteiger partial charge is 0.460 e. The van der Waals surface area contributed by atoms with Gasteiger partial charge < -0.3 is 41.0 Å². The quantitative estimate of drug-likeness (QED) is 0.142. The molecule has 12 heteroatoms. The molecule has 234 valence electrons. The summed E-state index contributed by atoms with van der Waals surface area (Å²) in [5.74, 6) is -1.90. The van der Waals surface area contributed by atoms with E-state index in [1.807, 2.05) is 0 Å². The maximum absolute atomic E-state index is 13.4. The van der Waals surface area contributed by atoms with Gasteiger partial charge in [-0.25, -0.2) is 14.4 Å². The van der Waals surface area contributed by atoms with E-state index >= 15 is 0 Å². The minimum absolute atomic E-state index is 0.0638. The molecule has 2 aromatic carbocycles. The fraction of sp³-hybridized carbons (Fsp3) is 0.484. The summed E-state index contributed by atoms with van der Waals surface area (Å²) in [6.45, 7) is 2.45. The molecule has 2 amide bonds. The Morgan fingerprint density at radius 3 is 2.05 bits per heavy atom. The highest BCUT2D eigenvalue weighted by molar-refractivity contribution is 5.86. The Morgan fingerprint density at radius 2 is 1.51 bits per heavy atom. The Kier molecular flexibility index (Phi) is 12.9. The maximum atomic E-state index is 13.4. The van der Waals surface area contributed by atoms with Crippen LogP contribution in [0.1, 0.15) is 56.6 Å². The first-order chi connectivity index (χ1) is 20.7. The van der Waals surface area contributed by atoms with Gasteiger partial charge in [-0.2, -0.15) is 0 Å². The van der Waals surface area contributed by atoms with Crippen LogP contribution in [0.2, 0.25) is 0 Å². The summed E-state index contributed by atoms with van der Waals surface area (Å²) in [6, 6.07) is 16.3. The fourth-order valence-electron chi connectivity index (χ4n) is 4.78. The van der Waals surface area contributed by atoms with Crippen molar-refractivity contribution in [2.45, 2.75) is 69.5 Å². The van der Waals surface area contributed by atoms with E-state index in [1.54, 1.807) is 60.7 Å². The van der Waals surface area contributed by atoms with Gasteiger partial charge in [0.2, 0.25) is 17.8 Å². The highest BCUT2D eigenvalue weighted by Gasteiger charge is 2.43. The number of aliphatic hydroxyl groups is 1. The van der Waals surface area contributed by atoms with Crippen LogP contribution in [0.5, 0.6) is 0 Å². The Labute approximate surface area is 251 Å². The SMILES string of the molecule is CC(OC(=O)[C@H](CCCCN)NC(=O)CCN)OC(=O)N1CCC(OC(=O)C(O)(c2ccccc2)c2ccccc2)CC1. The summed E-state index contributed by atoms with van der Waals surface area (Å²) < 4.78 is 16.4. The third-order valence-corrected chi connectivity index (χ3v) is 7.14. The van der Waals surface area contributed by atoms with Crippen LogP contribution in [0.25, 0.3) is 0 Å². The van der Waals surface area contributed by atoms with Crippen LogP contribution in [0.4, 0.5) is 4.79 Å². The average Bonchev–Trinajstić information content (AvgIpc) is 3.01. The van der Waals surface area contributed by atoms with Gasteiger partial charge >= 0.3 is 18.0 Å². The molecule has 12 nitrogen and oxygen atoms in total. The molecule has 3 rings (SSSR count). The van der Waals surface area contributed by atoms with Gasteiger partial charge in [-0.1, -0.05) is 60.7 Å². The molecular weight excluding hydrogens is 556 g/mol. The molecular formula is C31H42N4O8. The first kappa shape index (κ1) is 33.5. The molecule has 2 atom stereocenters. The molecule has 1 fully saturated rings. The number of nitrogens with one attached hydrogen (secondary N) is 1. The zero-order valence-corrected chi connectivity index (χ0v) is 24.5. The van der Waals surface area contributed by atoms with Crippen molar-refractivity contribution in [3.05, 3.63) is 71.8 Å². The minimum atomic E-state index is -2.00. The van der Waals surface area contributed by atoms with Crippen molar-refractivity contribution in [1.29, 1.82) is 0 Å². The standard InChI is InChI=1S/C31H42N4O8/c1-22(41-28(37)26(14-8-9-18-32)34-27(36)15-19-33)42-30(39)35-20-16-25(17-21-35)43-29(38)31(40,23-10-4-2-5-11-23)24-12-6-3-7-13-24/h2-7,10-13,22,25-26,40H,8-9,14-21,32-33H2,1H3,(H,34,36)/t22?,26-/m0/s1. The summed E-state index contributed by atoms with van der Waals surface area (Å²) in [7, 11) is 0. The van der Waals surface area contributed by atoms with Crippen LogP contribution in [-0.2, 0) is 34.2 Å². The van der Waals surface area contributed by atoms with Crippen molar-refractivity contribution in [2.24, 2.45) is 11.5 Å². The van der Waals surface area contributed by atoms with E-state index in [9.17, 15) is 24.3 Å². The van der Waals surface area contributed by atoms with Gasteiger partial charge in [0.1, 0.15) is 12.1 Å². The molecule has 1 heterocycles. The average molecular weight is 599 g/mol. The van der Waals surface area contributed by atoms with Crippen LogP contribution >= 0.6 is 0 Å². The fourth-order valence-corrected chi connectivity index (χ4v) is 4.78. The molecule has 0 radical (unpaired) electrons. The molecule has 1 unspecified atom stereocenters.